The van der Waals surface area contributed by atoms with E-state index in [1.807, 2.05) is 0 Å². The van der Waals surface area contributed by atoms with E-state index in [-0.39, 0.29) is 19.8 Å². The van der Waals surface area contributed by atoms with Crippen LogP contribution >= 0.6 is 0 Å². The summed E-state index contributed by atoms with van der Waals surface area (Å²) in [7, 11) is -4.28. The number of para-hydroxylation sites is 1. The Bertz CT molecular complexity index is 615. The number of nitro groups is 1. The number of alkyl carbamates (subject to hydrolysis) is 1. The van der Waals surface area contributed by atoms with Gasteiger partial charge in [-0.15, -0.1) is 0 Å². The van der Waals surface area contributed by atoms with E-state index < -0.39 is 31.7 Å². The van der Waals surface area contributed by atoms with Crippen LogP contribution in [-0.4, -0.2) is 39.2 Å². The summed E-state index contributed by atoms with van der Waals surface area (Å²) >= 11 is 0. The zero-order chi connectivity index (χ0) is 15.9. The molecule has 9 nitrogen and oxygen atoms in total. The van der Waals surface area contributed by atoms with Gasteiger partial charge in [-0.25, -0.2) is 4.79 Å². The highest BCUT2D eigenvalue weighted by molar-refractivity contribution is 7.87. The fraction of sp³-hybridized carbons (Fsp3) is 0.364. The highest BCUT2D eigenvalue weighted by atomic mass is 32.2. The number of benzene rings is 1. The Morgan fingerprint density at radius 1 is 1.38 bits per heavy atom. The molecular weight excluding hydrogens is 304 g/mol. The first kappa shape index (κ1) is 16.9. The molecule has 1 aromatic rings. The quantitative estimate of drug-likeness (QED) is 0.344. The smallest absolute Gasteiger partial charge is 0.407 e. The minimum atomic E-state index is -4.28. The Hall–Kier alpha value is -2.20. The molecule has 0 radical (unpaired) electrons. The molecule has 0 unspecified atom stereocenters. The van der Waals surface area contributed by atoms with Crippen molar-refractivity contribution in [2.75, 3.05) is 19.8 Å². The Labute approximate surface area is 121 Å². The van der Waals surface area contributed by atoms with Gasteiger partial charge in [0.2, 0.25) is 0 Å². The number of nitro benzene ring substituents is 1. The van der Waals surface area contributed by atoms with Gasteiger partial charge in [0.1, 0.15) is 0 Å². The molecule has 1 N–H and O–H groups in total. The van der Waals surface area contributed by atoms with E-state index in [0.717, 1.165) is 12.1 Å². The average Bonchev–Trinajstić information content (AvgIpc) is 2.44. The Kier molecular flexibility index (Phi) is 6.06. The first-order chi connectivity index (χ1) is 9.88. The van der Waals surface area contributed by atoms with Crippen molar-refractivity contribution in [3.63, 3.8) is 0 Å². The van der Waals surface area contributed by atoms with E-state index in [2.05, 4.69) is 14.2 Å². The Morgan fingerprint density at radius 3 is 2.67 bits per heavy atom. The van der Waals surface area contributed by atoms with Gasteiger partial charge in [-0.3, -0.25) is 14.3 Å². The van der Waals surface area contributed by atoms with Crippen molar-refractivity contribution in [3.05, 3.63) is 34.4 Å². The van der Waals surface area contributed by atoms with Crippen LogP contribution in [0.25, 0.3) is 0 Å². The van der Waals surface area contributed by atoms with Gasteiger partial charge in [-0.2, -0.15) is 8.42 Å². The largest absolute Gasteiger partial charge is 0.450 e. The second-order valence-electron chi connectivity index (χ2n) is 3.65. The molecule has 0 saturated heterocycles. The summed E-state index contributed by atoms with van der Waals surface area (Å²) in [5.41, 5.74) is -0.573. The second-order valence-corrected chi connectivity index (χ2v) is 5.23. The molecule has 0 aliphatic rings. The number of ether oxygens (including phenoxy) is 1. The zero-order valence-electron chi connectivity index (χ0n) is 11.1. The average molecular weight is 318 g/mol. The number of nitrogens with zero attached hydrogens (tertiary/aromatic N) is 1. The van der Waals surface area contributed by atoms with E-state index in [1.54, 1.807) is 6.92 Å². The summed E-state index contributed by atoms with van der Waals surface area (Å²) in [4.78, 5) is 20.4. The lowest BCUT2D eigenvalue weighted by atomic mass is 10.3. The van der Waals surface area contributed by atoms with Crippen LogP contribution in [0.15, 0.2) is 29.2 Å². The molecule has 0 aliphatic carbocycles. The molecule has 0 spiro atoms. The van der Waals surface area contributed by atoms with Crippen LogP contribution in [0.5, 0.6) is 0 Å². The van der Waals surface area contributed by atoms with Crippen molar-refractivity contribution in [3.8, 4) is 0 Å². The predicted molar refractivity (Wildman–Crippen MR) is 71.3 cm³/mol. The molecule has 0 fully saturated rings. The van der Waals surface area contributed by atoms with Gasteiger partial charge in [0.15, 0.2) is 4.90 Å². The van der Waals surface area contributed by atoms with Crippen molar-refractivity contribution in [2.24, 2.45) is 0 Å². The van der Waals surface area contributed by atoms with Gasteiger partial charge < -0.3 is 10.1 Å². The minimum Gasteiger partial charge on any atom is -0.450 e. The molecule has 21 heavy (non-hydrogen) atoms. The number of carbonyl (C=O) groups excluding carboxylic acids is 1. The topological polar surface area (TPSA) is 125 Å². The molecule has 116 valence electrons. The molecule has 0 aromatic heterocycles. The number of hydrogen-bond donors (Lipinski definition) is 1. The summed E-state index contributed by atoms with van der Waals surface area (Å²) in [5, 5.41) is 13.0. The van der Waals surface area contributed by atoms with E-state index >= 15 is 0 Å². The lowest BCUT2D eigenvalue weighted by Gasteiger charge is -2.07. The molecule has 0 aliphatic heterocycles. The Morgan fingerprint density at radius 2 is 2.05 bits per heavy atom. The predicted octanol–water partition coefficient (Wildman–Crippen LogP) is 1.05. The third-order valence-corrected chi connectivity index (χ3v) is 3.58. The van der Waals surface area contributed by atoms with Crippen LogP contribution in [0.3, 0.4) is 0 Å². The number of rotatable bonds is 7. The maximum absolute atomic E-state index is 11.9. The number of nitrogens with one attached hydrogen (secondary N) is 1. The highest BCUT2D eigenvalue weighted by Crippen LogP contribution is 2.24. The van der Waals surface area contributed by atoms with E-state index in [9.17, 15) is 23.3 Å². The first-order valence-electron chi connectivity index (χ1n) is 5.92. The monoisotopic (exact) mass is 318 g/mol. The van der Waals surface area contributed by atoms with Gasteiger partial charge in [0, 0.05) is 12.6 Å². The maximum atomic E-state index is 11.9. The summed E-state index contributed by atoms with van der Waals surface area (Å²) in [6.45, 7) is 1.32. The third kappa shape index (κ3) is 5.00. The summed E-state index contributed by atoms with van der Waals surface area (Å²) in [6, 6.07) is 4.83. The van der Waals surface area contributed by atoms with Crippen molar-refractivity contribution < 1.29 is 27.1 Å². The minimum absolute atomic E-state index is 0.112. The standard InChI is InChI=1S/C11H14N2O7S/c1-2-19-11(14)12-7-8-20-21(17,18)10-6-4-3-5-9(10)13(15)16/h3-6H,2,7-8H2,1H3,(H,12,14). The summed E-state index contributed by atoms with van der Waals surface area (Å²) in [5.74, 6) is 0. The van der Waals surface area contributed by atoms with Crippen LogP contribution in [0.1, 0.15) is 6.92 Å². The van der Waals surface area contributed by atoms with Crippen molar-refractivity contribution >= 4 is 21.9 Å². The summed E-state index contributed by atoms with van der Waals surface area (Å²) < 4.78 is 32.9. The Balaban J connectivity index is 2.66. The molecule has 0 saturated carbocycles. The first-order valence-corrected chi connectivity index (χ1v) is 7.32. The van der Waals surface area contributed by atoms with Crippen molar-refractivity contribution in [1.29, 1.82) is 0 Å². The van der Waals surface area contributed by atoms with E-state index in [0.29, 0.717) is 0 Å². The molecule has 0 heterocycles. The lowest BCUT2D eigenvalue weighted by Crippen LogP contribution is -2.28. The van der Waals surface area contributed by atoms with E-state index in [4.69, 9.17) is 0 Å². The molecule has 0 atom stereocenters. The maximum Gasteiger partial charge on any atom is 0.407 e. The highest BCUT2D eigenvalue weighted by Gasteiger charge is 2.25. The molecule has 1 rings (SSSR count). The number of amides is 1. The number of carbonyl (C=O) groups is 1. The van der Waals surface area contributed by atoms with Gasteiger partial charge in [0.25, 0.3) is 5.69 Å². The van der Waals surface area contributed by atoms with Gasteiger partial charge in [-0.1, -0.05) is 12.1 Å². The van der Waals surface area contributed by atoms with Crippen LogP contribution in [0.2, 0.25) is 0 Å². The normalized spacial score (nSPS) is 10.9. The fourth-order valence-corrected chi connectivity index (χ4v) is 2.44. The second kappa shape index (κ2) is 7.55. The fourth-order valence-electron chi connectivity index (χ4n) is 1.37. The van der Waals surface area contributed by atoms with Crippen LogP contribution in [0.4, 0.5) is 10.5 Å². The lowest BCUT2D eigenvalue weighted by molar-refractivity contribution is -0.387. The van der Waals surface area contributed by atoms with Crippen LogP contribution in [-0.2, 0) is 19.0 Å². The van der Waals surface area contributed by atoms with Crippen molar-refractivity contribution in [1.82, 2.24) is 5.32 Å². The molecule has 10 heteroatoms. The summed E-state index contributed by atoms with van der Waals surface area (Å²) in [6.07, 6.45) is -0.704. The molecule has 1 amide bonds. The van der Waals surface area contributed by atoms with Crippen LogP contribution < -0.4 is 5.32 Å². The third-order valence-electron chi connectivity index (χ3n) is 2.22. The van der Waals surface area contributed by atoms with Crippen molar-refractivity contribution in [2.45, 2.75) is 11.8 Å². The molecular formula is C11H14N2O7S. The zero-order valence-corrected chi connectivity index (χ0v) is 12.0. The van der Waals surface area contributed by atoms with Gasteiger partial charge in [-0.05, 0) is 13.0 Å². The van der Waals surface area contributed by atoms with Gasteiger partial charge in [0.05, 0.1) is 18.1 Å². The SMILES string of the molecule is CCOC(=O)NCCOS(=O)(=O)c1ccccc1[N+](=O)[O-]. The molecule has 1 aromatic carbocycles. The number of hydrogen-bond acceptors (Lipinski definition) is 7. The van der Waals surface area contributed by atoms with E-state index in [1.165, 1.54) is 12.1 Å². The molecule has 0 bridgehead atoms. The van der Waals surface area contributed by atoms with Crippen LogP contribution in [0, 0.1) is 10.1 Å². The van der Waals surface area contributed by atoms with Gasteiger partial charge >= 0.3 is 16.2 Å².